The molecule has 1 fully saturated rings. The Morgan fingerprint density at radius 3 is 1.73 bits per heavy atom. The number of aliphatic hydroxyl groups excluding tert-OH is 2. The van der Waals surface area contributed by atoms with Crippen LogP contribution in [0.3, 0.4) is 0 Å². The third-order valence-corrected chi connectivity index (χ3v) is 2.67. The summed E-state index contributed by atoms with van der Waals surface area (Å²) >= 11 is 0. The standard InChI is InChI=1S/C9H18O2/c1-6(2)3-7-8(4-10)9(7)5-11/h6-11H,3-5H2,1-2H3/t7?,8-,9+. The molecule has 1 unspecified atom stereocenters. The Morgan fingerprint density at radius 2 is 1.45 bits per heavy atom. The van der Waals surface area contributed by atoms with Crippen LogP contribution >= 0.6 is 0 Å². The van der Waals surface area contributed by atoms with Crippen molar-refractivity contribution in [3.63, 3.8) is 0 Å². The van der Waals surface area contributed by atoms with Crippen LogP contribution in [0.5, 0.6) is 0 Å². The van der Waals surface area contributed by atoms with E-state index in [-0.39, 0.29) is 13.2 Å². The van der Waals surface area contributed by atoms with Crippen molar-refractivity contribution in [1.82, 2.24) is 0 Å². The van der Waals surface area contributed by atoms with Gasteiger partial charge in [-0.15, -0.1) is 0 Å². The third-order valence-electron chi connectivity index (χ3n) is 2.67. The average molecular weight is 158 g/mol. The lowest BCUT2D eigenvalue weighted by Gasteiger charge is -2.01. The van der Waals surface area contributed by atoms with E-state index in [0.29, 0.717) is 23.7 Å². The van der Waals surface area contributed by atoms with Crippen molar-refractivity contribution in [2.24, 2.45) is 23.7 Å². The molecule has 0 aromatic rings. The summed E-state index contributed by atoms with van der Waals surface area (Å²) in [5.41, 5.74) is 0. The largest absolute Gasteiger partial charge is 0.396 e. The summed E-state index contributed by atoms with van der Waals surface area (Å²) < 4.78 is 0. The molecule has 0 amide bonds. The second kappa shape index (κ2) is 3.55. The fourth-order valence-electron chi connectivity index (χ4n) is 1.96. The van der Waals surface area contributed by atoms with Crippen molar-refractivity contribution < 1.29 is 10.2 Å². The van der Waals surface area contributed by atoms with Crippen LogP contribution in [0.15, 0.2) is 0 Å². The normalized spacial score (nSPS) is 36.3. The molecule has 0 radical (unpaired) electrons. The van der Waals surface area contributed by atoms with Crippen molar-refractivity contribution in [3.8, 4) is 0 Å². The molecular formula is C9H18O2. The first-order valence-corrected chi connectivity index (χ1v) is 4.42. The molecule has 66 valence electrons. The highest BCUT2D eigenvalue weighted by atomic mass is 16.3. The molecule has 1 rings (SSSR count). The van der Waals surface area contributed by atoms with Crippen LogP contribution in [0, 0.1) is 23.7 Å². The molecule has 2 nitrogen and oxygen atoms in total. The summed E-state index contributed by atoms with van der Waals surface area (Å²) in [5.74, 6) is 2.06. The first kappa shape index (κ1) is 9.01. The summed E-state index contributed by atoms with van der Waals surface area (Å²) in [5, 5.41) is 17.8. The summed E-state index contributed by atoms with van der Waals surface area (Å²) in [6, 6.07) is 0. The quantitative estimate of drug-likeness (QED) is 0.637. The monoisotopic (exact) mass is 158 g/mol. The van der Waals surface area contributed by atoms with Gasteiger partial charge in [0.2, 0.25) is 0 Å². The van der Waals surface area contributed by atoms with Crippen molar-refractivity contribution in [3.05, 3.63) is 0 Å². The third kappa shape index (κ3) is 1.94. The van der Waals surface area contributed by atoms with Crippen LogP contribution in [0.4, 0.5) is 0 Å². The topological polar surface area (TPSA) is 40.5 Å². The van der Waals surface area contributed by atoms with Crippen LogP contribution in [0.25, 0.3) is 0 Å². The van der Waals surface area contributed by atoms with Gasteiger partial charge in [0.05, 0.1) is 0 Å². The zero-order chi connectivity index (χ0) is 8.43. The van der Waals surface area contributed by atoms with Crippen molar-refractivity contribution >= 4 is 0 Å². The summed E-state index contributed by atoms with van der Waals surface area (Å²) in [7, 11) is 0. The molecule has 1 aliphatic carbocycles. The highest BCUT2D eigenvalue weighted by molar-refractivity contribution is 4.96. The Morgan fingerprint density at radius 1 is 1.00 bits per heavy atom. The maximum absolute atomic E-state index is 8.88. The lowest BCUT2D eigenvalue weighted by atomic mass is 10.1. The number of rotatable bonds is 4. The van der Waals surface area contributed by atoms with E-state index < -0.39 is 0 Å². The van der Waals surface area contributed by atoms with Gasteiger partial charge in [0.15, 0.2) is 0 Å². The highest BCUT2D eigenvalue weighted by Gasteiger charge is 2.48. The molecule has 0 aromatic heterocycles. The zero-order valence-electron chi connectivity index (χ0n) is 7.33. The van der Waals surface area contributed by atoms with Gasteiger partial charge < -0.3 is 10.2 Å². The Balaban J connectivity index is 2.26. The molecule has 0 spiro atoms. The van der Waals surface area contributed by atoms with Crippen molar-refractivity contribution in [1.29, 1.82) is 0 Å². The molecular weight excluding hydrogens is 140 g/mol. The average Bonchev–Trinajstić information content (AvgIpc) is 2.60. The van der Waals surface area contributed by atoms with Gasteiger partial charge in [0.25, 0.3) is 0 Å². The minimum atomic E-state index is 0.253. The molecule has 0 saturated heterocycles. The summed E-state index contributed by atoms with van der Waals surface area (Å²) in [6.45, 7) is 4.87. The van der Waals surface area contributed by atoms with Crippen molar-refractivity contribution in [2.75, 3.05) is 13.2 Å². The lowest BCUT2D eigenvalue weighted by molar-refractivity contribution is 0.232. The van der Waals surface area contributed by atoms with E-state index in [1.807, 2.05) is 0 Å². The van der Waals surface area contributed by atoms with E-state index in [0.717, 1.165) is 6.42 Å². The summed E-state index contributed by atoms with van der Waals surface area (Å²) in [4.78, 5) is 0. The van der Waals surface area contributed by atoms with E-state index in [2.05, 4.69) is 13.8 Å². The Hall–Kier alpha value is -0.0800. The van der Waals surface area contributed by atoms with Crippen LogP contribution in [-0.4, -0.2) is 23.4 Å². The number of hydrogen-bond donors (Lipinski definition) is 2. The van der Waals surface area contributed by atoms with Gasteiger partial charge in [-0.25, -0.2) is 0 Å². The molecule has 0 aliphatic heterocycles. The van der Waals surface area contributed by atoms with Gasteiger partial charge >= 0.3 is 0 Å². The van der Waals surface area contributed by atoms with E-state index in [4.69, 9.17) is 10.2 Å². The van der Waals surface area contributed by atoms with Gasteiger partial charge in [-0.1, -0.05) is 13.8 Å². The molecule has 0 aromatic carbocycles. The molecule has 3 atom stereocenters. The predicted octanol–water partition coefficient (Wildman–Crippen LogP) is 0.879. The van der Waals surface area contributed by atoms with Gasteiger partial charge in [0, 0.05) is 13.2 Å². The van der Waals surface area contributed by atoms with Crippen molar-refractivity contribution in [2.45, 2.75) is 20.3 Å². The van der Waals surface area contributed by atoms with E-state index in [1.165, 1.54) is 0 Å². The van der Waals surface area contributed by atoms with Crippen LogP contribution in [0.2, 0.25) is 0 Å². The first-order chi connectivity index (χ1) is 5.20. The van der Waals surface area contributed by atoms with Gasteiger partial charge in [-0.3, -0.25) is 0 Å². The minimum Gasteiger partial charge on any atom is -0.396 e. The number of aliphatic hydroxyl groups is 2. The minimum absolute atomic E-state index is 0.253. The molecule has 2 N–H and O–H groups in total. The first-order valence-electron chi connectivity index (χ1n) is 4.42. The molecule has 1 aliphatic rings. The smallest absolute Gasteiger partial charge is 0.0465 e. The van der Waals surface area contributed by atoms with Crippen LogP contribution < -0.4 is 0 Å². The van der Waals surface area contributed by atoms with E-state index in [1.54, 1.807) is 0 Å². The zero-order valence-corrected chi connectivity index (χ0v) is 7.33. The molecule has 1 saturated carbocycles. The number of hydrogen-bond acceptors (Lipinski definition) is 2. The maximum atomic E-state index is 8.88. The Labute approximate surface area is 68.2 Å². The predicted molar refractivity (Wildman–Crippen MR) is 44.1 cm³/mol. The van der Waals surface area contributed by atoms with Gasteiger partial charge in [0.1, 0.15) is 0 Å². The lowest BCUT2D eigenvalue weighted by Crippen LogP contribution is -1.93. The molecule has 11 heavy (non-hydrogen) atoms. The second-order valence-corrected chi connectivity index (χ2v) is 3.99. The second-order valence-electron chi connectivity index (χ2n) is 3.99. The Bertz CT molecular complexity index is 113. The van der Waals surface area contributed by atoms with Gasteiger partial charge in [-0.2, -0.15) is 0 Å². The molecule has 0 bridgehead atoms. The molecule has 2 heteroatoms. The van der Waals surface area contributed by atoms with Crippen LogP contribution in [-0.2, 0) is 0 Å². The Kier molecular flexibility index (Phi) is 2.90. The SMILES string of the molecule is CC(C)CC1[C@@H](CO)[C@H]1CO. The highest BCUT2D eigenvalue weighted by Crippen LogP contribution is 2.49. The summed E-state index contributed by atoms with van der Waals surface area (Å²) in [6.07, 6.45) is 1.15. The fraction of sp³-hybridized carbons (Fsp3) is 1.00. The van der Waals surface area contributed by atoms with E-state index >= 15 is 0 Å². The maximum Gasteiger partial charge on any atom is 0.0465 e. The van der Waals surface area contributed by atoms with E-state index in [9.17, 15) is 0 Å². The molecule has 0 heterocycles. The van der Waals surface area contributed by atoms with Crippen LogP contribution in [0.1, 0.15) is 20.3 Å². The van der Waals surface area contributed by atoms with Gasteiger partial charge in [-0.05, 0) is 30.1 Å². The fourth-order valence-corrected chi connectivity index (χ4v) is 1.96.